The van der Waals surface area contributed by atoms with Crippen molar-refractivity contribution < 1.29 is 13.9 Å². The van der Waals surface area contributed by atoms with Gasteiger partial charge in [0.05, 0.1) is 19.3 Å². The van der Waals surface area contributed by atoms with Gasteiger partial charge in [0.1, 0.15) is 5.75 Å². The van der Waals surface area contributed by atoms with Gasteiger partial charge in [0.15, 0.2) is 11.7 Å². The molecule has 1 amide bonds. The van der Waals surface area contributed by atoms with Crippen molar-refractivity contribution in [3.05, 3.63) is 71.2 Å². The van der Waals surface area contributed by atoms with Crippen LogP contribution in [-0.2, 0) is 11.2 Å². The molecule has 3 aromatic rings. The van der Waals surface area contributed by atoms with Crippen molar-refractivity contribution in [3.8, 4) is 17.1 Å². The van der Waals surface area contributed by atoms with Crippen molar-refractivity contribution in [1.82, 2.24) is 15.2 Å². The van der Waals surface area contributed by atoms with Crippen molar-refractivity contribution >= 4 is 17.5 Å². The van der Waals surface area contributed by atoms with E-state index < -0.39 is 0 Å². The number of para-hydroxylation sites is 1. The second-order valence-electron chi connectivity index (χ2n) is 7.15. The zero-order valence-electron chi connectivity index (χ0n) is 17.4. The Hall–Kier alpha value is -2.83. The average Bonchev–Trinajstić information content (AvgIpc) is 3.22. The van der Waals surface area contributed by atoms with Gasteiger partial charge in [-0.1, -0.05) is 29.8 Å². The zero-order chi connectivity index (χ0) is 21.5. The molecule has 1 unspecified atom stereocenters. The Labute approximate surface area is 181 Å². The molecule has 30 heavy (non-hydrogen) atoms. The van der Waals surface area contributed by atoms with Crippen LogP contribution in [0.25, 0.3) is 11.3 Å². The topological polar surface area (TPSA) is 67.6 Å². The van der Waals surface area contributed by atoms with Gasteiger partial charge in [-0.25, -0.2) is 4.98 Å². The summed E-state index contributed by atoms with van der Waals surface area (Å²) in [5.41, 5.74) is 1.93. The molecular formula is C23H26ClN3O3. The van der Waals surface area contributed by atoms with Crippen LogP contribution in [0.5, 0.6) is 5.75 Å². The summed E-state index contributed by atoms with van der Waals surface area (Å²) < 4.78 is 11.2. The minimum atomic E-state index is -0.0528. The second kappa shape index (κ2) is 10.3. The summed E-state index contributed by atoms with van der Waals surface area (Å²) in [6.07, 6.45) is 2.40. The maximum absolute atomic E-state index is 12.4. The maximum Gasteiger partial charge on any atom is 0.220 e. The van der Waals surface area contributed by atoms with Crippen LogP contribution in [0.4, 0.5) is 0 Å². The lowest BCUT2D eigenvalue weighted by Crippen LogP contribution is -2.34. The number of benzene rings is 2. The second-order valence-corrected chi connectivity index (χ2v) is 7.59. The van der Waals surface area contributed by atoms with Gasteiger partial charge in [-0.3, -0.25) is 4.79 Å². The average molecular weight is 428 g/mol. The summed E-state index contributed by atoms with van der Waals surface area (Å²) in [7, 11) is 5.61. The zero-order valence-corrected chi connectivity index (χ0v) is 18.1. The van der Waals surface area contributed by atoms with E-state index in [2.05, 4.69) is 15.2 Å². The van der Waals surface area contributed by atoms with E-state index in [9.17, 15) is 4.79 Å². The highest BCUT2D eigenvalue weighted by molar-refractivity contribution is 6.30. The number of carbonyl (C=O) groups excluding carboxylic acids is 1. The molecule has 1 aromatic heterocycles. The van der Waals surface area contributed by atoms with E-state index in [1.807, 2.05) is 50.5 Å². The first-order chi connectivity index (χ1) is 14.5. The summed E-state index contributed by atoms with van der Waals surface area (Å²) in [5.74, 6) is 1.94. The first kappa shape index (κ1) is 21.9. The van der Waals surface area contributed by atoms with Crippen molar-refractivity contribution in [2.45, 2.75) is 18.9 Å². The van der Waals surface area contributed by atoms with Crippen molar-refractivity contribution in [1.29, 1.82) is 0 Å². The van der Waals surface area contributed by atoms with Gasteiger partial charge < -0.3 is 19.4 Å². The SMILES string of the molecule is COc1ccccc1C(CNC(=O)CCc1ncc(-c2ccc(Cl)cc2)o1)N(C)C. The van der Waals surface area contributed by atoms with E-state index in [0.717, 1.165) is 16.9 Å². The Bertz CT molecular complexity index is 970. The molecule has 0 aliphatic carbocycles. The number of aryl methyl sites for hydroxylation is 1. The Morgan fingerprint density at radius 3 is 2.63 bits per heavy atom. The smallest absolute Gasteiger partial charge is 0.220 e. The monoisotopic (exact) mass is 427 g/mol. The van der Waals surface area contributed by atoms with Gasteiger partial charge in [-0.15, -0.1) is 0 Å². The lowest BCUT2D eigenvalue weighted by atomic mass is 10.0. The molecule has 0 spiro atoms. The van der Waals surface area contributed by atoms with E-state index in [4.69, 9.17) is 20.8 Å². The van der Waals surface area contributed by atoms with Crippen LogP contribution >= 0.6 is 11.6 Å². The van der Waals surface area contributed by atoms with E-state index in [0.29, 0.717) is 36.1 Å². The number of hydrogen-bond donors (Lipinski definition) is 1. The third-order valence-electron chi connectivity index (χ3n) is 4.86. The van der Waals surface area contributed by atoms with Gasteiger partial charge in [0, 0.05) is 35.5 Å². The molecule has 3 rings (SSSR count). The Morgan fingerprint density at radius 2 is 1.93 bits per heavy atom. The summed E-state index contributed by atoms with van der Waals surface area (Å²) >= 11 is 5.92. The lowest BCUT2D eigenvalue weighted by molar-refractivity contribution is -0.121. The number of carbonyl (C=O) groups is 1. The van der Waals surface area contributed by atoms with Crippen LogP contribution in [0.15, 0.2) is 59.1 Å². The normalized spacial score (nSPS) is 12.0. The number of halogens is 1. The third-order valence-corrected chi connectivity index (χ3v) is 5.11. The molecule has 1 heterocycles. The summed E-state index contributed by atoms with van der Waals surface area (Å²) in [6, 6.07) is 15.2. The number of methoxy groups -OCH3 is 1. The maximum atomic E-state index is 12.4. The van der Waals surface area contributed by atoms with Crippen LogP contribution in [0.1, 0.15) is 23.9 Å². The quantitative estimate of drug-likeness (QED) is 0.549. The summed E-state index contributed by atoms with van der Waals surface area (Å²) in [6.45, 7) is 0.480. The first-order valence-corrected chi connectivity index (χ1v) is 10.1. The largest absolute Gasteiger partial charge is 0.496 e. The molecule has 7 heteroatoms. The fourth-order valence-electron chi connectivity index (χ4n) is 3.21. The first-order valence-electron chi connectivity index (χ1n) is 9.74. The summed E-state index contributed by atoms with van der Waals surface area (Å²) in [5, 5.41) is 3.67. The van der Waals surface area contributed by atoms with E-state index in [1.54, 1.807) is 25.4 Å². The molecule has 0 aliphatic heterocycles. The molecule has 1 atom stereocenters. The van der Waals surface area contributed by atoms with E-state index >= 15 is 0 Å². The highest BCUT2D eigenvalue weighted by Crippen LogP contribution is 2.27. The Kier molecular flexibility index (Phi) is 7.49. The molecule has 0 saturated carbocycles. The van der Waals surface area contributed by atoms with Crippen LogP contribution in [0.2, 0.25) is 5.02 Å². The molecule has 0 bridgehead atoms. The molecule has 6 nitrogen and oxygen atoms in total. The van der Waals surface area contributed by atoms with Crippen molar-refractivity contribution in [3.63, 3.8) is 0 Å². The Morgan fingerprint density at radius 1 is 1.20 bits per heavy atom. The molecule has 0 fully saturated rings. The number of amides is 1. The molecule has 0 radical (unpaired) electrons. The standard InChI is InChI=1S/C23H26ClN3O3/c1-27(2)19(18-6-4-5-7-20(18)29-3)14-25-22(28)12-13-23-26-15-21(30-23)16-8-10-17(24)11-9-16/h4-11,15,19H,12-14H2,1-3H3,(H,25,28). The molecule has 2 aromatic carbocycles. The minimum absolute atomic E-state index is 0.00310. The number of ether oxygens (including phenoxy) is 1. The molecule has 1 N–H and O–H groups in total. The number of rotatable bonds is 9. The molecular weight excluding hydrogens is 402 g/mol. The highest BCUT2D eigenvalue weighted by atomic mass is 35.5. The number of oxazole rings is 1. The van der Waals surface area contributed by atoms with Crippen molar-refractivity contribution in [2.75, 3.05) is 27.7 Å². The minimum Gasteiger partial charge on any atom is -0.496 e. The van der Waals surface area contributed by atoms with E-state index in [-0.39, 0.29) is 11.9 Å². The van der Waals surface area contributed by atoms with Crippen LogP contribution in [0.3, 0.4) is 0 Å². The number of nitrogens with zero attached hydrogens (tertiary/aromatic N) is 2. The summed E-state index contributed by atoms with van der Waals surface area (Å²) in [4.78, 5) is 18.7. The highest BCUT2D eigenvalue weighted by Gasteiger charge is 2.19. The van der Waals surface area contributed by atoms with Gasteiger partial charge in [-0.05, 0) is 44.4 Å². The van der Waals surface area contributed by atoms with E-state index in [1.165, 1.54) is 0 Å². The number of nitrogens with one attached hydrogen (secondary N) is 1. The molecule has 0 saturated heterocycles. The van der Waals surface area contributed by atoms with Gasteiger partial charge in [0.25, 0.3) is 0 Å². The van der Waals surface area contributed by atoms with Crippen LogP contribution < -0.4 is 10.1 Å². The van der Waals surface area contributed by atoms with Crippen LogP contribution in [0, 0.1) is 0 Å². The van der Waals surface area contributed by atoms with Gasteiger partial charge in [-0.2, -0.15) is 0 Å². The number of aromatic nitrogens is 1. The number of likely N-dealkylation sites (N-methyl/N-ethyl adjacent to an activating group) is 1. The predicted molar refractivity (Wildman–Crippen MR) is 118 cm³/mol. The Balaban J connectivity index is 1.54. The fourth-order valence-corrected chi connectivity index (χ4v) is 3.33. The molecule has 0 aliphatic rings. The van der Waals surface area contributed by atoms with Crippen LogP contribution in [-0.4, -0.2) is 43.5 Å². The number of hydrogen-bond acceptors (Lipinski definition) is 5. The lowest BCUT2D eigenvalue weighted by Gasteiger charge is -2.26. The fraction of sp³-hybridized carbons (Fsp3) is 0.304. The molecule has 158 valence electrons. The van der Waals surface area contributed by atoms with Crippen molar-refractivity contribution in [2.24, 2.45) is 0 Å². The predicted octanol–water partition coefficient (Wildman–Crippen LogP) is 4.36. The third kappa shape index (κ3) is 5.62. The van der Waals surface area contributed by atoms with Gasteiger partial charge >= 0.3 is 0 Å². The van der Waals surface area contributed by atoms with Gasteiger partial charge in [0.2, 0.25) is 5.91 Å².